The van der Waals surface area contributed by atoms with Crippen LogP contribution in [0, 0.1) is 6.92 Å². The molecular formula is C21H27N5O2. The van der Waals surface area contributed by atoms with Gasteiger partial charge in [-0.1, -0.05) is 6.07 Å². The molecule has 7 heteroatoms. The number of aryl methyl sites for hydroxylation is 1. The van der Waals surface area contributed by atoms with Gasteiger partial charge in [-0.25, -0.2) is 4.98 Å². The Hall–Kier alpha value is -2.54. The van der Waals surface area contributed by atoms with Crippen molar-refractivity contribution >= 4 is 11.8 Å². The summed E-state index contributed by atoms with van der Waals surface area (Å²) in [5, 5.41) is 0. The molecule has 0 radical (unpaired) electrons. The number of nitrogens with zero attached hydrogens (tertiary/aromatic N) is 5. The van der Waals surface area contributed by atoms with Crippen molar-refractivity contribution in [2.45, 2.75) is 26.3 Å². The molecule has 2 saturated heterocycles. The van der Waals surface area contributed by atoms with Crippen LogP contribution in [0.5, 0.6) is 11.5 Å². The Morgan fingerprint density at radius 1 is 0.857 bits per heavy atom. The zero-order valence-corrected chi connectivity index (χ0v) is 16.4. The number of piperazine rings is 1. The summed E-state index contributed by atoms with van der Waals surface area (Å²) in [6.45, 7) is 9.51. The average molecular weight is 381 g/mol. The van der Waals surface area contributed by atoms with Crippen molar-refractivity contribution in [1.29, 1.82) is 0 Å². The van der Waals surface area contributed by atoms with Crippen LogP contribution in [0.15, 0.2) is 24.3 Å². The van der Waals surface area contributed by atoms with E-state index in [1.54, 1.807) is 0 Å². The molecule has 1 aromatic heterocycles. The highest BCUT2D eigenvalue weighted by Crippen LogP contribution is 2.33. The van der Waals surface area contributed by atoms with Crippen LogP contribution in [0.1, 0.15) is 24.1 Å². The molecule has 4 heterocycles. The van der Waals surface area contributed by atoms with E-state index in [1.807, 2.05) is 6.07 Å². The van der Waals surface area contributed by atoms with Gasteiger partial charge < -0.3 is 19.3 Å². The van der Waals surface area contributed by atoms with E-state index in [4.69, 9.17) is 14.5 Å². The van der Waals surface area contributed by atoms with E-state index in [0.717, 1.165) is 74.8 Å². The van der Waals surface area contributed by atoms with Crippen LogP contribution in [-0.4, -0.2) is 60.9 Å². The predicted octanol–water partition coefficient (Wildman–Crippen LogP) is 2.44. The van der Waals surface area contributed by atoms with E-state index in [1.165, 1.54) is 18.4 Å². The highest BCUT2D eigenvalue weighted by Gasteiger charge is 2.22. The van der Waals surface area contributed by atoms with E-state index in [9.17, 15) is 0 Å². The molecule has 3 aliphatic heterocycles. The summed E-state index contributed by atoms with van der Waals surface area (Å²) in [7, 11) is 0. The summed E-state index contributed by atoms with van der Waals surface area (Å²) in [6.07, 6.45) is 2.48. The fourth-order valence-corrected chi connectivity index (χ4v) is 4.19. The number of hydrogen-bond donors (Lipinski definition) is 0. The molecule has 0 aliphatic carbocycles. The maximum Gasteiger partial charge on any atom is 0.231 e. The molecule has 0 saturated carbocycles. The van der Waals surface area contributed by atoms with Crippen LogP contribution in [0.3, 0.4) is 0 Å². The molecule has 7 nitrogen and oxygen atoms in total. The van der Waals surface area contributed by atoms with E-state index in [-0.39, 0.29) is 0 Å². The average Bonchev–Trinajstić information content (AvgIpc) is 3.40. The van der Waals surface area contributed by atoms with Crippen molar-refractivity contribution in [2.75, 3.05) is 55.9 Å². The topological polar surface area (TPSA) is 54.0 Å². The van der Waals surface area contributed by atoms with Crippen LogP contribution in [0.4, 0.5) is 11.8 Å². The Balaban J connectivity index is 1.22. The summed E-state index contributed by atoms with van der Waals surface area (Å²) in [5.74, 6) is 3.68. The summed E-state index contributed by atoms with van der Waals surface area (Å²) >= 11 is 0. The third-order valence-corrected chi connectivity index (χ3v) is 5.76. The number of rotatable bonds is 4. The van der Waals surface area contributed by atoms with Crippen molar-refractivity contribution in [3.05, 3.63) is 35.5 Å². The number of aromatic nitrogens is 2. The molecule has 0 bridgehead atoms. The molecule has 5 rings (SSSR count). The summed E-state index contributed by atoms with van der Waals surface area (Å²) in [6, 6.07) is 8.37. The lowest BCUT2D eigenvalue weighted by Gasteiger charge is -2.35. The lowest BCUT2D eigenvalue weighted by atomic mass is 10.1. The quantitative estimate of drug-likeness (QED) is 0.806. The molecular weight excluding hydrogens is 354 g/mol. The largest absolute Gasteiger partial charge is 0.454 e. The maximum atomic E-state index is 5.50. The minimum Gasteiger partial charge on any atom is -0.454 e. The van der Waals surface area contributed by atoms with Gasteiger partial charge in [0, 0.05) is 57.6 Å². The lowest BCUT2D eigenvalue weighted by Crippen LogP contribution is -2.46. The summed E-state index contributed by atoms with van der Waals surface area (Å²) < 4.78 is 10.9. The molecule has 1 aromatic carbocycles. The minimum absolute atomic E-state index is 0.329. The number of ether oxygens (including phenoxy) is 2. The van der Waals surface area contributed by atoms with Gasteiger partial charge >= 0.3 is 0 Å². The van der Waals surface area contributed by atoms with Gasteiger partial charge in [-0.3, -0.25) is 4.90 Å². The third kappa shape index (κ3) is 3.58. The van der Waals surface area contributed by atoms with Crippen LogP contribution in [-0.2, 0) is 6.54 Å². The molecule has 148 valence electrons. The predicted molar refractivity (Wildman–Crippen MR) is 108 cm³/mol. The first-order valence-electron chi connectivity index (χ1n) is 10.2. The van der Waals surface area contributed by atoms with E-state index in [2.05, 4.69) is 44.8 Å². The summed E-state index contributed by atoms with van der Waals surface area (Å²) in [4.78, 5) is 16.7. The Morgan fingerprint density at radius 2 is 1.64 bits per heavy atom. The molecule has 0 spiro atoms. The van der Waals surface area contributed by atoms with Gasteiger partial charge in [0.2, 0.25) is 12.7 Å². The molecule has 2 fully saturated rings. The van der Waals surface area contributed by atoms with Crippen molar-refractivity contribution in [3.8, 4) is 11.5 Å². The van der Waals surface area contributed by atoms with Crippen LogP contribution in [0.25, 0.3) is 0 Å². The fourth-order valence-electron chi connectivity index (χ4n) is 4.19. The van der Waals surface area contributed by atoms with Gasteiger partial charge in [0.1, 0.15) is 5.82 Å². The molecule has 28 heavy (non-hydrogen) atoms. The van der Waals surface area contributed by atoms with Gasteiger partial charge in [0.25, 0.3) is 0 Å². The Morgan fingerprint density at radius 3 is 2.46 bits per heavy atom. The zero-order valence-electron chi connectivity index (χ0n) is 16.4. The second-order valence-corrected chi connectivity index (χ2v) is 7.81. The highest BCUT2D eigenvalue weighted by molar-refractivity contribution is 5.47. The van der Waals surface area contributed by atoms with Crippen LogP contribution < -0.4 is 19.3 Å². The molecule has 2 aromatic rings. The maximum absolute atomic E-state index is 5.50. The van der Waals surface area contributed by atoms with Crippen molar-refractivity contribution in [2.24, 2.45) is 0 Å². The zero-order chi connectivity index (χ0) is 18.9. The Bertz CT molecular complexity index is 845. The van der Waals surface area contributed by atoms with Crippen molar-refractivity contribution in [1.82, 2.24) is 14.9 Å². The fraction of sp³-hybridized carbons (Fsp3) is 0.524. The molecule has 0 N–H and O–H groups in total. The number of fused-ring (bicyclic) bond motifs is 1. The van der Waals surface area contributed by atoms with Gasteiger partial charge in [0.05, 0.1) is 0 Å². The second kappa shape index (κ2) is 7.47. The molecule has 3 aliphatic rings. The highest BCUT2D eigenvalue weighted by atomic mass is 16.7. The van der Waals surface area contributed by atoms with E-state index >= 15 is 0 Å². The first-order valence-corrected chi connectivity index (χ1v) is 10.2. The molecule has 0 unspecified atom stereocenters. The number of anilines is 2. The van der Waals surface area contributed by atoms with Gasteiger partial charge in [0.15, 0.2) is 11.5 Å². The van der Waals surface area contributed by atoms with Crippen LogP contribution in [0.2, 0.25) is 0 Å². The SMILES string of the molecule is Cc1cc(N2CCN(Cc3ccc4c(c3)OCO4)CC2)nc(N2CCCC2)n1. The first kappa shape index (κ1) is 17.6. The van der Waals surface area contributed by atoms with Gasteiger partial charge in [-0.2, -0.15) is 4.98 Å². The first-order chi connectivity index (χ1) is 13.7. The Labute approximate surface area is 165 Å². The van der Waals surface area contributed by atoms with Crippen molar-refractivity contribution in [3.63, 3.8) is 0 Å². The third-order valence-electron chi connectivity index (χ3n) is 5.76. The van der Waals surface area contributed by atoms with Gasteiger partial charge in [-0.05, 0) is 37.5 Å². The standard InChI is InChI=1S/C21H27N5O2/c1-16-12-20(23-21(22-16)26-6-2-3-7-26)25-10-8-24(9-11-25)14-17-4-5-18-19(13-17)28-15-27-18/h4-5,12-13H,2-3,6-11,14-15H2,1H3. The van der Waals surface area contributed by atoms with Gasteiger partial charge in [-0.15, -0.1) is 0 Å². The van der Waals surface area contributed by atoms with E-state index in [0.29, 0.717) is 6.79 Å². The smallest absolute Gasteiger partial charge is 0.231 e. The molecule has 0 atom stereocenters. The summed E-state index contributed by atoms with van der Waals surface area (Å²) in [5.41, 5.74) is 2.32. The lowest BCUT2D eigenvalue weighted by molar-refractivity contribution is 0.174. The minimum atomic E-state index is 0.329. The number of benzene rings is 1. The van der Waals surface area contributed by atoms with Crippen LogP contribution >= 0.6 is 0 Å². The number of hydrogen-bond acceptors (Lipinski definition) is 7. The van der Waals surface area contributed by atoms with E-state index < -0.39 is 0 Å². The molecule has 0 amide bonds. The monoisotopic (exact) mass is 381 g/mol. The Kier molecular flexibility index (Phi) is 4.68. The van der Waals surface area contributed by atoms with Crippen molar-refractivity contribution < 1.29 is 9.47 Å². The second-order valence-electron chi connectivity index (χ2n) is 7.81. The normalized spacial score (nSPS) is 19.5.